The van der Waals surface area contributed by atoms with E-state index in [0.717, 1.165) is 12.5 Å². The van der Waals surface area contributed by atoms with Gasteiger partial charge in [-0.3, -0.25) is 0 Å². The largest absolute Gasteiger partial charge is 0.330 e. The average molecular weight is 290 g/mol. The first kappa shape index (κ1) is 13.6. The molecule has 0 bridgehead atoms. The average Bonchev–Trinajstić information content (AvgIpc) is 3.03. The van der Waals surface area contributed by atoms with Crippen LogP contribution in [-0.2, 0) is 6.54 Å². The summed E-state index contributed by atoms with van der Waals surface area (Å²) in [7, 11) is 0. The van der Waals surface area contributed by atoms with Gasteiger partial charge in [0.1, 0.15) is 0 Å². The molecule has 22 heavy (non-hydrogen) atoms. The van der Waals surface area contributed by atoms with Gasteiger partial charge in [0.05, 0.1) is 18.2 Å². The maximum Gasteiger partial charge on any atom is 0.0951 e. The molecule has 2 nitrogen and oxygen atoms in total. The Labute approximate surface area is 131 Å². The molecule has 2 heteroatoms. The highest BCUT2D eigenvalue weighted by atomic mass is 15.0. The van der Waals surface area contributed by atoms with E-state index in [-0.39, 0.29) is 0 Å². The minimum Gasteiger partial charge on any atom is -0.330 e. The SMILES string of the molecule is c1ccc2cc(-c3cncn3CC3CCCCC3)ccc2c1. The fourth-order valence-corrected chi connectivity index (χ4v) is 3.70. The van der Waals surface area contributed by atoms with E-state index in [1.165, 1.54) is 54.1 Å². The van der Waals surface area contributed by atoms with E-state index in [9.17, 15) is 0 Å². The van der Waals surface area contributed by atoms with Gasteiger partial charge < -0.3 is 4.57 Å². The predicted octanol–water partition coefficient (Wildman–Crippen LogP) is 5.28. The molecule has 1 aliphatic rings. The maximum atomic E-state index is 4.41. The zero-order valence-corrected chi connectivity index (χ0v) is 12.9. The van der Waals surface area contributed by atoms with Crippen LogP contribution in [0.5, 0.6) is 0 Å². The van der Waals surface area contributed by atoms with Crippen LogP contribution in [0.1, 0.15) is 32.1 Å². The highest BCUT2D eigenvalue weighted by Crippen LogP contribution is 2.28. The highest BCUT2D eigenvalue weighted by molar-refractivity contribution is 5.86. The van der Waals surface area contributed by atoms with Gasteiger partial charge in [0.2, 0.25) is 0 Å². The van der Waals surface area contributed by atoms with Crippen LogP contribution in [0.2, 0.25) is 0 Å². The molecule has 0 radical (unpaired) electrons. The van der Waals surface area contributed by atoms with Gasteiger partial charge in [0.25, 0.3) is 0 Å². The van der Waals surface area contributed by atoms with Gasteiger partial charge in [0.15, 0.2) is 0 Å². The summed E-state index contributed by atoms with van der Waals surface area (Å²) in [6.07, 6.45) is 10.9. The molecule has 4 rings (SSSR count). The van der Waals surface area contributed by atoms with Crippen molar-refractivity contribution in [2.24, 2.45) is 5.92 Å². The Bertz CT molecular complexity index is 766. The van der Waals surface area contributed by atoms with Gasteiger partial charge in [-0.2, -0.15) is 0 Å². The van der Waals surface area contributed by atoms with Gasteiger partial charge in [-0.1, -0.05) is 55.7 Å². The van der Waals surface area contributed by atoms with Crippen molar-refractivity contribution in [1.29, 1.82) is 0 Å². The van der Waals surface area contributed by atoms with Crippen LogP contribution in [0.25, 0.3) is 22.0 Å². The Morgan fingerprint density at radius 3 is 2.64 bits per heavy atom. The number of rotatable bonds is 3. The van der Waals surface area contributed by atoms with Crippen LogP contribution in [0, 0.1) is 5.92 Å². The van der Waals surface area contributed by atoms with Gasteiger partial charge in [-0.05, 0) is 35.6 Å². The van der Waals surface area contributed by atoms with Crippen molar-refractivity contribution in [3.63, 3.8) is 0 Å². The number of aromatic nitrogens is 2. The molecule has 0 unspecified atom stereocenters. The summed E-state index contributed by atoms with van der Waals surface area (Å²) in [6, 6.07) is 15.3. The first-order valence-corrected chi connectivity index (χ1v) is 8.39. The van der Waals surface area contributed by atoms with Crippen LogP contribution in [0.4, 0.5) is 0 Å². The molecule has 1 saturated carbocycles. The molecule has 3 aromatic rings. The second kappa shape index (κ2) is 5.96. The highest BCUT2D eigenvalue weighted by Gasteiger charge is 2.15. The van der Waals surface area contributed by atoms with Crippen LogP contribution < -0.4 is 0 Å². The topological polar surface area (TPSA) is 17.8 Å². The summed E-state index contributed by atoms with van der Waals surface area (Å²) in [5, 5.41) is 2.59. The summed E-state index contributed by atoms with van der Waals surface area (Å²) in [5.41, 5.74) is 2.52. The van der Waals surface area contributed by atoms with Crippen LogP contribution in [0.15, 0.2) is 55.0 Å². The van der Waals surface area contributed by atoms with E-state index in [0.29, 0.717) is 0 Å². The van der Waals surface area contributed by atoms with E-state index < -0.39 is 0 Å². The third-order valence-corrected chi connectivity index (χ3v) is 4.94. The molecule has 1 heterocycles. The van der Waals surface area contributed by atoms with Crippen molar-refractivity contribution < 1.29 is 0 Å². The lowest BCUT2D eigenvalue weighted by Gasteiger charge is -2.22. The van der Waals surface area contributed by atoms with Crippen LogP contribution >= 0.6 is 0 Å². The van der Waals surface area contributed by atoms with Crippen molar-refractivity contribution >= 4 is 10.8 Å². The first-order chi connectivity index (χ1) is 10.9. The minimum absolute atomic E-state index is 0.821. The normalized spacial score (nSPS) is 16.2. The van der Waals surface area contributed by atoms with Crippen molar-refractivity contribution in [2.75, 3.05) is 0 Å². The molecular weight excluding hydrogens is 268 g/mol. The molecular formula is C20H22N2. The van der Waals surface area contributed by atoms with Crippen molar-refractivity contribution in [3.8, 4) is 11.3 Å². The van der Waals surface area contributed by atoms with Gasteiger partial charge in [-0.25, -0.2) is 4.98 Å². The van der Waals surface area contributed by atoms with E-state index in [1.54, 1.807) is 0 Å². The molecule has 112 valence electrons. The monoisotopic (exact) mass is 290 g/mol. The second-order valence-corrected chi connectivity index (χ2v) is 6.50. The molecule has 1 aromatic heterocycles. The van der Waals surface area contributed by atoms with Gasteiger partial charge >= 0.3 is 0 Å². The summed E-state index contributed by atoms with van der Waals surface area (Å²) < 4.78 is 2.35. The summed E-state index contributed by atoms with van der Waals surface area (Å²) in [6.45, 7) is 1.11. The summed E-state index contributed by atoms with van der Waals surface area (Å²) in [5.74, 6) is 0.821. The molecule has 0 spiro atoms. The molecule has 0 aliphatic heterocycles. The smallest absolute Gasteiger partial charge is 0.0951 e. The maximum absolute atomic E-state index is 4.41. The van der Waals surface area contributed by atoms with Crippen molar-refractivity contribution in [2.45, 2.75) is 38.6 Å². The van der Waals surface area contributed by atoms with Gasteiger partial charge in [0, 0.05) is 12.1 Å². The van der Waals surface area contributed by atoms with E-state index in [1.807, 2.05) is 12.5 Å². The van der Waals surface area contributed by atoms with Crippen molar-refractivity contribution in [1.82, 2.24) is 9.55 Å². The molecule has 1 fully saturated rings. The lowest BCUT2D eigenvalue weighted by atomic mass is 9.89. The Kier molecular flexibility index (Phi) is 3.67. The lowest BCUT2D eigenvalue weighted by molar-refractivity contribution is 0.320. The number of benzene rings is 2. The molecule has 1 aliphatic carbocycles. The van der Waals surface area contributed by atoms with E-state index in [2.05, 4.69) is 52.0 Å². The third-order valence-electron chi connectivity index (χ3n) is 4.94. The minimum atomic E-state index is 0.821. The number of hydrogen-bond donors (Lipinski definition) is 0. The Hall–Kier alpha value is -2.09. The number of hydrogen-bond acceptors (Lipinski definition) is 1. The lowest BCUT2D eigenvalue weighted by Crippen LogP contribution is -2.14. The Morgan fingerprint density at radius 2 is 1.77 bits per heavy atom. The molecule has 0 N–H and O–H groups in total. The van der Waals surface area contributed by atoms with Crippen LogP contribution in [-0.4, -0.2) is 9.55 Å². The Morgan fingerprint density at radius 1 is 0.955 bits per heavy atom. The van der Waals surface area contributed by atoms with Crippen molar-refractivity contribution in [3.05, 3.63) is 55.0 Å². The first-order valence-electron chi connectivity index (χ1n) is 8.39. The summed E-state index contributed by atoms with van der Waals surface area (Å²) in [4.78, 5) is 4.41. The van der Waals surface area contributed by atoms with E-state index >= 15 is 0 Å². The Balaban J connectivity index is 1.65. The molecule has 0 atom stereocenters. The predicted molar refractivity (Wildman–Crippen MR) is 91.7 cm³/mol. The zero-order chi connectivity index (χ0) is 14.8. The zero-order valence-electron chi connectivity index (χ0n) is 12.9. The van der Waals surface area contributed by atoms with Crippen LogP contribution in [0.3, 0.4) is 0 Å². The molecule has 0 amide bonds. The van der Waals surface area contributed by atoms with Gasteiger partial charge in [-0.15, -0.1) is 0 Å². The standard InChI is InChI=1S/C20H22N2/c1-2-6-16(7-3-1)14-22-15-21-13-20(22)19-11-10-17-8-4-5-9-18(17)12-19/h4-5,8-13,15-16H,1-3,6-7,14H2. The summed E-state index contributed by atoms with van der Waals surface area (Å²) >= 11 is 0. The second-order valence-electron chi connectivity index (χ2n) is 6.50. The van der Waals surface area contributed by atoms with E-state index in [4.69, 9.17) is 0 Å². The fourth-order valence-electron chi connectivity index (χ4n) is 3.70. The quantitative estimate of drug-likeness (QED) is 0.641. The number of fused-ring (bicyclic) bond motifs is 1. The number of nitrogens with zero attached hydrogens (tertiary/aromatic N) is 2. The molecule has 2 aromatic carbocycles. The number of imidazole rings is 1. The fraction of sp³-hybridized carbons (Fsp3) is 0.350. The molecule has 0 saturated heterocycles. The third kappa shape index (κ3) is 2.66.